The van der Waals surface area contributed by atoms with Crippen molar-refractivity contribution in [1.29, 1.82) is 0 Å². The van der Waals surface area contributed by atoms with Crippen LogP contribution in [0.25, 0.3) is 0 Å². The van der Waals surface area contributed by atoms with Gasteiger partial charge < -0.3 is 10.0 Å². The van der Waals surface area contributed by atoms with Crippen LogP contribution in [0.3, 0.4) is 0 Å². The molecule has 0 saturated heterocycles. The van der Waals surface area contributed by atoms with Crippen LogP contribution in [0.2, 0.25) is 0 Å². The van der Waals surface area contributed by atoms with E-state index >= 15 is 0 Å². The molecule has 4 nitrogen and oxygen atoms in total. The molecule has 0 atom stereocenters. The minimum absolute atomic E-state index is 0.134. The quantitative estimate of drug-likeness (QED) is 0.221. The Balaban J connectivity index is 1.53. The standard InChI is InChI=1S/C36H40N2O2/c1-26-22-23-30-29(25-26)36(4,5)32(37(30)24-13-7-10-21-34(39)40)19-14-20-33-35(2,3)28-17-11-12-18-31(28)38(33)27-15-8-6-9-16-27/h6,8-9,11-12,14-20,22-23,25H,7,10,13,21,24H2,1-5H3/p+1. The van der Waals surface area contributed by atoms with E-state index < -0.39 is 5.97 Å². The molecule has 3 aromatic rings. The third kappa shape index (κ3) is 5.03. The Morgan fingerprint density at radius 2 is 1.60 bits per heavy atom. The Hall–Kier alpha value is -3.92. The van der Waals surface area contributed by atoms with Crippen LogP contribution in [0, 0.1) is 6.92 Å². The topological polar surface area (TPSA) is 43.5 Å². The molecule has 1 N–H and O–H groups in total. The molecule has 0 unspecified atom stereocenters. The second kappa shape index (κ2) is 10.9. The average Bonchev–Trinajstić information content (AvgIpc) is 3.28. The average molecular weight is 534 g/mol. The SMILES string of the molecule is Cc1ccc2c(c1)C(C)(C)C(/C=C/C=C1\N(c3ccccc3)c3ccccc3C1(C)C)=[N+]2CCCCCC(=O)O. The number of aryl methyl sites for hydroxylation is 1. The monoisotopic (exact) mass is 533 g/mol. The predicted molar refractivity (Wildman–Crippen MR) is 165 cm³/mol. The molecule has 4 heteroatoms. The largest absolute Gasteiger partial charge is 0.481 e. The zero-order valence-electron chi connectivity index (χ0n) is 24.4. The molecule has 0 aliphatic carbocycles. The maximum atomic E-state index is 11.0. The predicted octanol–water partition coefficient (Wildman–Crippen LogP) is 8.59. The molecule has 0 radical (unpaired) electrons. The normalized spacial score (nSPS) is 18.0. The molecule has 0 bridgehead atoms. The summed E-state index contributed by atoms with van der Waals surface area (Å²) in [5.41, 5.74) is 9.87. The molecular formula is C36H41N2O2+. The highest BCUT2D eigenvalue weighted by atomic mass is 16.4. The number of allylic oxidation sites excluding steroid dienone is 4. The van der Waals surface area contributed by atoms with Gasteiger partial charge >= 0.3 is 5.97 Å². The van der Waals surface area contributed by atoms with E-state index in [1.165, 1.54) is 45.2 Å². The first-order chi connectivity index (χ1) is 19.1. The Bertz CT molecular complexity index is 1510. The van der Waals surface area contributed by atoms with Crippen molar-refractivity contribution in [2.24, 2.45) is 0 Å². The maximum absolute atomic E-state index is 11.0. The van der Waals surface area contributed by atoms with Gasteiger partial charge in [0.05, 0.1) is 5.41 Å². The van der Waals surface area contributed by atoms with Crippen molar-refractivity contribution in [3.05, 3.63) is 113 Å². The Morgan fingerprint density at radius 3 is 2.35 bits per heavy atom. The van der Waals surface area contributed by atoms with Gasteiger partial charge in [0, 0.05) is 53.0 Å². The molecule has 2 heterocycles. The van der Waals surface area contributed by atoms with E-state index in [2.05, 4.69) is 135 Å². The molecule has 40 heavy (non-hydrogen) atoms. The second-order valence-corrected chi connectivity index (χ2v) is 12.1. The smallest absolute Gasteiger partial charge is 0.303 e. The highest BCUT2D eigenvalue weighted by Crippen LogP contribution is 2.51. The summed E-state index contributed by atoms with van der Waals surface area (Å²) in [6.07, 6.45) is 9.63. The van der Waals surface area contributed by atoms with E-state index in [0.717, 1.165) is 25.8 Å². The zero-order valence-corrected chi connectivity index (χ0v) is 24.4. The van der Waals surface area contributed by atoms with Gasteiger partial charge in [0.15, 0.2) is 5.71 Å². The van der Waals surface area contributed by atoms with Crippen molar-refractivity contribution in [3.63, 3.8) is 0 Å². The first-order valence-electron chi connectivity index (χ1n) is 14.4. The van der Waals surface area contributed by atoms with E-state index in [0.29, 0.717) is 0 Å². The fraction of sp³-hybridized carbons (Fsp3) is 0.333. The Kier molecular flexibility index (Phi) is 7.55. The number of benzene rings is 3. The van der Waals surface area contributed by atoms with Crippen LogP contribution in [0.1, 0.15) is 70.1 Å². The summed E-state index contributed by atoms with van der Waals surface area (Å²) in [5.74, 6) is -0.715. The molecule has 0 amide bonds. The number of aliphatic carboxylic acids is 1. The van der Waals surface area contributed by atoms with Crippen LogP contribution >= 0.6 is 0 Å². The van der Waals surface area contributed by atoms with Crippen molar-refractivity contribution in [3.8, 4) is 0 Å². The summed E-state index contributed by atoms with van der Waals surface area (Å²) in [6.45, 7) is 12.3. The molecule has 0 saturated carbocycles. The fourth-order valence-electron chi connectivity index (χ4n) is 6.37. The second-order valence-electron chi connectivity index (χ2n) is 12.1. The lowest BCUT2D eigenvalue weighted by atomic mass is 9.80. The molecule has 2 aliphatic rings. The number of carbonyl (C=O) groups is 1. The van der Waals surface area contributed by atoms with E-state index in [9.17, 15) is 4.79 Å². The summed E-state index contributed by atoms with van der Waals surface area (Å²) in [5, 5.41) is 9.03. The number of hydrogen-bond acceptors (Lipinski definition) is 2. The lowest BCUT2D eigenvalue weighted by molar-refractivity contribution is -0.438. The molecule has 206 valence electrons. The van der Waals surface area contributed by atoms with E-state index in [1.807, 2.05) is 0 Å². The number of unbranched alkanes of at least 4 members (excludes halogenated alkanes) is 2. The minimum Gasteiger partial charge on any atom is -0.481 e. The van der Waals surface area contributed by atoms with Crippen LogP contribution in [-0.4, -0.2) is 27.9 Å². The van der Waals surface area contributed by atoms with Gasteiger partial charge in [-0.05, 0) is 69.5 Å². The van der Waals surface area contributed by atoms with Crippen LogP contribution < -0.4 is 4.90 Å². The van der Waals surface area contributed by atoms with Crippen LogP contribution in [0.5, 0.6) is 0 Å². The Labute approximate surface area is 239 Å². The number of anilines is 2. The summed E-state index contributed by atoms with van der Waals surface area (Å²) < 4.78 is 2.45. The maximum Gasteiger partial charge on any atom is 0.303 e. The molecule has 3 aromatic carbocycles. The van der Waals surface area contributed by atoms with Crippen molar-refractivity contribution in [2.75, 3.05) is 11.4 Å². The van der Waals surface area contributed by atoms with Crippen molar-refractivity contribution < 1.29 is 14.5 Å². The highest BCUT2D eigenvalue weighted by molar-refractivity contribution is 6.03. The van der Waals surface area contributed by atoms with Crippen LogP contribution in [0.4, 0.5) is 17.1 Å². The molecule has 0 fully saturated rings. The van der Waals surface area contributed by atoms with Crippen molar-refractivity contribution >= 4 is 28.7 Å². The molecule has 0 aromatic heterocycles. The molecule has 5 rings (SSSR count). The summed E-state index contributed by atoms with van der Waals surface area (Å²) >= 11 is 0. The number of rotatable bonds is 9. The van der Waals surface area contributed by atoms with Gasteiger partial charge in [0.1, 0.15) is 6.54 Å². The number of para-hydroxylation sites is 2. The van der Waals surface area contributed by atoms with Gasteiger partial charge in [-0.2, -0.15) is 4.58 Å². The fourth-order valence-corrected chi connectivity index (χ4v) is 6.37. The summed E-state index contributed by atoms with van der Waals surface area (Å²) in [4.78, 5) is 13.4. The van der Waals surface area contributed by atoms with Crippen LogP contribution in [0.15, 0.2) is 96.7 Å². The lowest BCUT2D eigenvalue weighted by Crippen LogP contribution is -2.28. The zero-order chi connectivity index (χ0) is 28.5. The first-order valence-corrected chi connectivity index (χ1v) is 14.4. The first kappa shape index (κ1) is 27.6. The van der Waals surface area contributed by atoms with Gasteiger partial charge in [0.25, 0.3) is 0 Å². The van der Waals surface area contributed by atoms with E-state index in [4.69, 9.17) is 5.11 Å². The van der Waals surface area contributed by atoms with Gasteiger partial charge in [-0.3, -0.25) is 4.79 Å². The molecular weight excluding hydrogens is 492 g/mol. The van der Waals surface area contributed by atoms with Gasteiger partial charge in [-0.25, -0.2) is 0 Å². The number of carboxylic acids is 1. The lowest BCUT2D eigenvalue weighted by Gasteiger charge is -2.27. The third-order valence-electron chi connectivity index (χ3n) is 8.54. The number of carboxylic acid groups (broad SMARTS) is 1. The molecule has 0 spiro atoms. The summed E-state index contributed by atoms with van der Waals surface area (Å²) in [6, 6.07) is 26.1. The van der Waals surface area contributed by atoms with Gasteiger partial charge in [-0.15, -0.1) is 0 Å². The van der Waals surface area contributed by atoms with E-state index in [1.54, 1.807) is 0 Å². The molecule has 2 aliphatic heterocycles. The van der Waals surface area contributed by atoms with Crippen molar-refractivity contribution in [2.45, 2.75) is 71.1 Å². The summed E-state index contributed by atoms with van der Waals surface area (Å²) in [7, 11) is 0. The number of fused-ring (bicyclic) bond motifs is 2. The third-order valence-corrected chi connectivity index (χ3v) is 8.54. The van der Waals surface area contributed by atoms with Crippen LogP contribution in [-0.2, 0) is 15.6 Å². The van der Waals surface area contributed by atoms with Crippen molar-refractivity contribution in [1.82, 2.24) is 0 Å². The number of hydrogen-bond donors (Lipinski definition) is 1. The van der Waals surface area contributed by atoms with Gasteiger partial charge in [-0.1, -0.05) is 68.0 Å². The minimum atomic E-state index is -0.715. The van der Waals surface area contributed by atoms with Gasteiger partial charge in [0.2, 0.25) is 5.69 Å². The Morgan fingerprint density at radius 1 is 0.875 bits per heavy atom. The van der Waals surface area contributed by atoms with E-state index in [-0.39, 0.29) is 17.3 Å². The highest BCUT2D eigenvalue weighted by Gasteiger charge is 2.44. The number of nitrogens with zero attached hydrogens (tertiary/aromatic N) is 2.